The van der Waals surface area contributed by atoms with Crippen LogP contribution in [-0.4, -0.2) is 46.8 Å². The van der Waals surface area contributed by atoms with Crippen LogP contribution in [0.5, 0.6) is 0 Å². The Balaban J connectivity index is 1.76. The largest absolute Gasteiger partial charge is 0.444 e. The molecule has 24 heavy (non-hydrogen) atoms. The van der Waals surface area contributed by atoms with E-state index in [-0.39, 0.29) is 12.1 Å². The number of carbonyl (C=O) groups is 2. The van der Waals surface area contributed by atoms with E-state index in [4.69, 9.17) is 4.74 Å². The summed E-state index contributed by atoms with van der Waals surface area (Å²) in [7, 11) is 1.99. The fourth-order valence-electron chi connectivity index (χ4n) is 2.89. The van der Waals surface area contributed by atoms with Crippen LogP contribution in [-0.2, 0) is 11.8 Å². The van der Waals surface area contributed by atoms with Crippen molar-refractivity contribution in [3.05, 3.63) is 24.0 Å². The Hall–Kier alpha value is -2.18. The molecule has 7 nitrogen and oxygen atoms in total. The Morgan fingerprint density at radius 1 is 1.29 bits per heavy atom. The van der Waals surface area contributed by atoms with Gasteiger partial charge in [0.1, 0.15) is 5.60 Å². The van der Waals surface area contributed by atoms with Crippen LogP contribution >= 0.6 is 0 Å². The van der Waals surface area contributed by atoms with Crippen LogP contribution in [0.15, 0.2) is 18.3 Å². The normalized spacial score (nSPS) is 17.7. The predicted molar refractivity (Wildman–Crippen MR) is 91.7 cm³/mol. The molecule has 1 aromatic rings. The summed E-state index contributed by atoms with van der Waals surface area (Å²) in [5.74, 6) is 0. The van der Waals surface area contributed by atoms with Gasteiger partial charge in [-0.15, -0.1) is 0 Å². The number of nitrogens with one attached hydrogen (secondary N) is 2. The van der Waals surface area contributed by atoms with Crippen LogP contribution in [0, 0.1) is 0 Å². The molecule has 3 amide bonds. The number of ether oxygens (including phenoxy) is 1. The number of hydrogen-bond acceptors (Lipinski definition) is 3. The molecule has 2 heterocycles. The van der Waals surface area contributed by atoms with Gasteiger partial charge in [-0.2, -0.15) is 0 Å². The van der Waals surface area contributed by atoms with Gasteiger partial charge in [-0.05, 0) is 45.7 Å². The van der Waals surface area contributed by atoms with Gasteiger partial charge >= 0.3 is 12.1 Å². The van der Waals surface area contributed by atoms with Gasteiger partial charge in [0.15, 0.2) is 0 Å². The van der Waals surface area contributed by atoms with Crippen LogP contribution in [0.3, 0.4) is 0 Å². The molecule has 1 aliphatic rings. The van der Waals surface area contributed by atoms with Crippen molar-refractivity contribution in [3.8, 4) is 0 Å². The van der Waals surface area contributed by atoms with E-state index in [0.717, 1.165) is 25.1 Å². The SMILES string of the molecule is Cn1cccc1C1CCCN1C(=O)NCCNC(=O)OC(C)(C)C. The van der Waals surface area contributed by atoms with Gasteiger partial charge in [-0.1, -0.05) is 0 Å². The lowest BCUT2D eigenvalue weighted by Gasteiger charge is -2.25. The zero-order valence-electron chi connectivity index (χ0n) is 15.0. The molecular weight excluding hydrogens is 308 g/mol. The molecule has 1 aliphatic heterocycles. The fourth-order valence-corrected chi connectivity index (χ4v) is 2.89. The standard InChI is InChI=1S/C17H28N4O3/c1-17(2,3)24-16(23)19-10-9-18-15(22)21-12-6-8-14(21)13-7-5-11-20(13)4/h5,7,11,14H,6,8-10,12H2,1-4H3,(H,18,22)(H,19,23). The number of aromatic nitrogens is 1. The van der Waals surface area contributed by atoms with Gasteiger partial charge in [-0.3, -0.25) is 0 Å². The number of likely N-dealkylation sites (tertiary alicyclic amines) is 1. The van der Waals surface area contributed by atoms with Crippen LogP contribution in [0.1, 0.15) is 45.3 Å². The average Bonchev–Trinajstić information content (AvgIpc) is 3.09. The Kier molecular flexibility index (Phi) is 5.75. The van der Waals surface area contributed by atoms with E-state index in [9.17, 15) is 9.59 Å². The fraction of sp³-hybridized carbons (Fsp3) is 0.647. The summed E-state index contributed by atoms with van der Waals surface area (Å²) in [5, 5.41) is 5.50. The van der Waals surface area contributed by atoms with Crippen molar-refractivity contribution in [1.29, 1.82) is 0 Å². The van der Waals surface area contributed by atoms with Crippen LogP contribution in [0.4, 0.5) is 9.59 Å². The lowest BCUT2D eigenvalue weighted by Crippen LogP contribution is -2.43. The van der Waals surface area contributed by atoms with Crippen LogP contribution < -0.4 is 10.6 Å². The highest BCUT2D eigenvalue weighted by molar-refractivity contribution is 5.75. The second-order valence-corrected chi connectivity index (χ2v) is 7.06. The zero-order chi connectivity index (χ0) is 17.7. The Morgan fingerprint density at radius 2 is 2.00 bits per heavy atom. The molecule has 0 bridgehead atoms. The number of carbonyl (C=O) groups excluding carboxylic acids is 2. The van der Waals surface area contributed by atoms with Gasteiger partial charge in [0.2, 0.25) is 0 Å². The third-order valence-corrected chi connectivity index (χ3v) is 3.91. The number of alkyl carbamates (subject to hydrolysis) is 1. The molecule has 2 rings (SSSR count). The lowest BCUT2D eigenvalue weighted by molar-refractivity contribution is 0.0528. The summed E-state index contributed by atoms with van der Waals surface area (Å²) in [4.78, 5) is 25.8. The first kappa shape index (κ1) is 18.2. The van der Waals surface area contributed by atoms with E-state index < -0.39 is 11.7 Å². The number of hydrogen-bond donors (Lipinski definition) is 2. The molecular formula is C17H28N4O3. The molecule has 134 valence electrons. The topological polar surface area (TPSA) is 75.6 Å². The molecule has 0 aliphatic carbocycles. The number of rotatable bonds is 4. The Bertz CT molecular complexity index is 577. The maximum Gasteiger partial charge on any atom is 0.407 e. The van der Waals surface area contributed by atoms with Crippen molar-refractivity contribution in [3.63, 3.8) is 0 Å². The highest BCUT2D eigenvalue weighted by atomic mass is 16.6. The highest BCUT2D eigenvalue weighted by Gasteiger charge is 2.31. The second-order valence-electron chi connectivity index (χ2n) is 7.06. The number of amides is 3. The zero-order valence-corrected chi connectivity index (χ0v) is 15.0. The first-order chi connectivity index (χ1) is 11.3. The Labute approximate surface area is 143 Å². The molecule has 1 atom stereocenters. The van der Waals surface area contributed by atoms with Gasteiger partial charge in [-0.25, -0.2) is 9.59 Å². The first-order valence-electron chi connectivity index (χ1n) is 8.40. The maximum absolute atomic E-state index is 12.4. The van der Waals surface area contributed by atoms with Crippen LogP contribution in [0.25, 0.3) is 0 Å². The first-order valence-corrected chi connectivity index (χ1v) is 8.40. The molecule has 0 aromatic carbocycles. The third-order valence-electron chi connectivity index (χ3n) is 3.91. The molecule has 1 fully saturated rings. The molecule has 0 spiro atoms. The molecule has 7 heteroatoms. The third kappa shape index (κ3) is 4.91. The van der Waals surface area contributed by atoms with E-state index in [1.807, 2.05) is 45.0 Å². The molecule has 1 unspecified atom stereocenters. The monoisotopic (exact) mass is 336 g/mol. The minimum atomic E-state index is -0.523. The average molecular weight is 336 g/mol. The second kappa shape index (κ2) is 7.59. The van der Waals surface area contributed by atoms with E-state index in [1.54, 1.807) is 0 Å². The van der Waals surface area contributed by atoms with Crippen molar-refractivity contribution in [2.24, 2.45) is 7.05 Å². The summed E-state index contributed by atoms with van der Waals surface area (Å²) >= 11 is 0. The van der Waals surface area contributed by atoms with Crippen molar-refractivity contribution < 1.29 is 14.3 Å². The van der Waals surface area contributed by atoms with E-state index in [0.29, 0.717) is 13.1 Å². The summed E-state index contributed by atoms with van der Waals surface area (Å²) in [5.41, 5.74) is 0.625. The van der Waals surface area contributed by atoms with Gasteiger partial charge in [0.05, 0.1) is 6.04 Å². The maximum atomic E-state index is 12.4. The van der Waals surface area contributed by atoms with E-state index in [2.05, 4.69) is 21.3 Å². The molecule has 0 radical (unpaired) electrons. The van der Waals surface area contributed by atoms with Crippen LogP contribution in [0.2, 0.25) is 0 Å². The van der Waals surface area contributed by atoms with Gasteiger partial charge in [0.25, 0.3) is 0 Å². The van der Waals surface area contributed by atoms with Crippen molar-refractivity contribution in [2.75, 3.05) is 19.6 Å². The number of nitrogens with zero attached hydrogens (tertiary/aromatic N) is 2. The number of urea groups is 1. The lowest BCUT2D eigenvalue weighted by atomic mass is 10.1. The highest BCUT2D eigenvalue weighted by Crippen LogP contribution is 2.31. The minimum Gasteiger partial charge on any atom is -0.444 e. The van der Waals surface area contributed by atoms with E-state index in [1.165, 1.54) is 0 Å². The summed E-state index contributed by atoms with van der Waals surface area (Å²) < 4.78 is 7.20. The molecule has 2 N–H and O–H groups in total. The summed E-state index contributed by atoms with van der Waals surface area (Å²) in [6.07, 6.45) is 3.50. The Morgan fingerprint density at radius 3 is 2.62 bits per heavy atom. The van der Waals surface area contributed by atoms with Crippen molar-refractivity contribution >= 4 is 12.1 Å². The van der Waals surface area contributed by atoms with Gasteiger partial charge in [0, 0.05) is 38.6 Å². The number of aryl methyl sites for hydroxylation is 1. The summed E-state index contributed by atoms with van der Waals surface area (Å²) in [6, 6.07) is 4.07. The van der Waals surface area contributed by atoms with Gasteiger partial charge < -0.3 is 24.8 Å². The van der Waals surface area contributed by atoms with E-state index >= 15 is 0 Å². The molecule has 0 saturated carbocycles. The molecule has 1 saturated heterocycles. The minimum absolute atomic E-state index is 0.0929. The molecule has 1 aromatic heterocycles. The van der Waals surface area contributed by atoms with Crippen molar-refractivity contribution in [1.82, 2.24) is 20.1 Å². The smallest absolute Gasteiger partial charge is 0.407 e. The van der Waals surface area contributed by atoms with Crippen molar-refractivity contribution in [2.45, 2.75) is 45.3 Å². The summed E-state index contributed by atoms with van der Waals surface area (Å²) in [6.45, 7) is 6.89. The quantitative estimate of drug-likeness (QED) is 0.829. The predicted octanol–water partition coefficient (Wildman–Crippen LogP) is 2.40.